The van der Waals surface area contributed by atoms with Crippen LogP contribution in [0.25, 0.3) is 11.3 Å². The zero-order valence-corrected chi connectivity index (χ0v) is 16.3. The molecule has 0 saturated carbocycles. The molecule has 1 aromatic heterocycles. The van der Waals surface area contributed by atoms with Crippen LogP contribution < -0.4 is 5.32 Å². The molecule has 1 N–H and O–H groups in total. The van der Waals surface area contributed by atoms with E-state index in [1.54, 1.807) is 31.3 Å². The predicted octanol–water partition coefficient (Wildman–Crippen LogP) is 4.14. The number of amides is 2. The van der Waals surface area contributed by atoms with Gasteiger partial charge in [-0.1, -0.05) is 30.3 Å². The summed E-state index contributed by atoms with van der Waals surface area (Å²) in [6, 6.07) is 15.1. The van der Waals surface area contributed by atoms with Gasteiger partial charge in [-0.15, -0.1) is 11.3 Å². The summed E-state index contributed by atoms with van der Waals surface area (Å²) in [4.78, 5) is 30.5. The molecule has 0 unspecified atom stereocenters. The van der Waals surface area contributed by atoms with Crippen LogP contribution >= 0.6 is 11.3 Å². The number of aromatic nitrogens is 1. The number of nitrogens with one attached hydrogen (secondary N) is 1. The molecule has 2 amide bonds. The Balaban J connectivity index is 1.62. The number of likely N-dealkylation sites (N-methyl/N-ethyl adjacent to an activating group) is 1. The second-order valence-electron chi connectivity index (χ2n) is 6.41. The summed E-state index contributed by atoms with van der Waals surface area (Å²) in [5.41, 5.74) is 4.83. The van der Waals surface area contributed by atoms with E-state index in [-0.39, 0.29) is 18.4 Å². The molecule has 1 heterocycles. The molecule has 0 spiro atoms. The van der Waals surface area contributed by atoms with Crippen LogP contribution in [0, 0.1) is 13.8 Å². The molecule has 0 aliphatic carbocycles. The van der Waals surface area contributed by atoms with Gasteiger partial charge in [0.15, 0.2) is 5.13 Å². The second-order valence-corrected chi connectivity index (χ2v) is 7.27. The largest absolute Gasteiger partial charge is 0.332 e. The minimum absolute atomic E-state index is 0.0354. The Morgan fingerprint density at radius 2 is 1.81 bits per heavy atom. The summed E-state index contributed by atoms with van der Waals surface area (Å²) >= 11 is 1.37. The van der Waals surface area contributed by atoms with E-state index < -0.39 is 0 Å². The van der Waals surface area contributed by atoms with Gasteiger partial charge in [0.2, 0.25) is 5.91 Å². The maximum absolute atomic E-state index is 12.3. The lowest BCUT2D eigenvalue weighted by Crippen LogP contribution is -2.34. The van der Waals surface area contributed by atoms with Gasteiger partial charge in [-0.3, -0.25) is 9.59 Å². The fraction of sp³-hybridized carbons (Fsp3) is 0.190. The zero-order chi connectivity index (χ0) is 19.4. The Morgan fingerprint density at radius 3 is 2.52 bits per heavy atom. The third kappa shape index (κ3) is 4.60. The standard InChI is InChI=1S/C21H21N3O2S/c1-14-9-10-17(11-15(14)2)18-13-27-21(22-18)23-19(25)12-24(3)20(26)16-7-5-4-6-8-16/h4-11,13H,12H2,1-3H3,(H,22,23,25). The van der Waals surface area contributed by atoms with Crippen LogP contribution in [0.1, 0.15) is 21.5 Å². The van der Waals surface area contributed by atoms with E-state index in [2.05, 4.69) is 36.3 Å². The molecule has 0 atom stereocenters. The number of rotatable bonds is 5. The van der Waals surface area contributed by atoms with Crippen molar-refractivity contribution in [2.24, 2.45) is 0 Å². The van der Waals surface area contributed by atoms with Crippen molar-refractivity contribution in [1.29, 1.82) is 0 Å². The number of thiazole rings is 1. The van der Waals surface area contributed by atoms with E-state index in [0.29, 0.717) is 10.7 Å². The zero-order valence-electron chi connectivity index (χ0n) is 15.5. The molecule has 138 valence electrons. The summed E-state index contributed by atoms with van der Waals surface area (Å²) in [6.45, 7) is 4.10. The normalized spacial score (nSPS) is 10.5. The van der Waals surface area contributed by atoms with Crippen LogP contribution in [-0.2, 0) is 4.79 Å². The third-order valence-electron chi connectivity index (χ3n) is 4.30. The second kappa shape index (κ2) is 8.14. The van der Waals surface area contributed by atoms with Crippen molar-refractivity contribution in [3.8, 4) is 11.3 Å². The van der Waals surface area contributed by atoms with E-state index in [4.69, 9.17) is 0 Å². The van der Waals surface area contributed by atoms with Crippen molar-refractivity contribution >= 4 is 28.3 Å². The fourth-order valence-corrected chi connectivity index (χ4v) is 3.35. The number of nitrogens with zero attached hydrogens (tertiary/aromatic N) is 2. The Kier molecular flexibility index (Phi) is 5.66. The number of aryl methyl sites for hydroxylation is 2. The average Bonchev–Trinajstić information content (AvgIpc) is 3.12. The summed E-state index contributed by atoms with van der Waals surface area (Å²) in [6.07, 6.45) is 0. The smallest absolute Gasteiger partial charge is 0.254 e. The van der Waals surface area contributed by atoms with Gasteiger partial charge in [-0.2, -0.15) is 0 Å². The topological polar surface area (TPSA) is 62.3 Å². The Morgan fingerprint density at radius 1 is 1.07 bits per heavy atom. The van der Waals surface area contributed by atoms with Gasteiger partial charge in [-0.05, 0) is 43.2 Å². The van der Waals surface area contributed by atoms with Gasteiger partial charge in [0, 0.05) is 23.6 Å². The van der Waals surface area contributed by atoms with E-state index in [1.165, 1.54) is 27.4 Å². The SMILES string of the molecule is Cc1ccc(-c2csc(NC(=O)CN(C)C(=O)c3ccccc3)n2)cc1C. The number of anilines is 1. The van der Waals surface area contributed by atoms with Gasteiger partial charge in [-0.25, -0.2) is 4.98 Å². The highest BCUT2D eigenvalue weighted by atomic mass is 32.1. The first-order chi connectivity index (χ1) is 12.9. The van der Waals surface area contributed by atoms with E-state index >= 15 is 0 Å². The van der Waals surface area contributed by atoms with Crippen LogP contribution in [0.4, 0.5) is 5.13 Å². The van der Waals surface area contributed by atoms with E-state index in [0.717, 1.165) is 11.3 Å². The Labute approximate surface area is 162 Å². The molecule has 6 heteroatoms. The minimum Gasteiger partial charge on any atom is -0.332 e. The van der Waals surface area contributed by atoms with Gasteiger partial charge in [0.05, 0.1) is 12.2 Å². The predicted molar refractivity (Wildman–Crippen MR) is 109 cm³/mol. The minimum atomic E-state index is -0.275. The Hall–Kier alpha value is -2.99. The van der Waals surface area contributed by atoms with Crippen molar-refractivity contribution in [3.05, 3.63) is 70.6 Å². The number of hydrogen-bond acceptors (Lipinski definition) is 4. The Bertz CT molecular complexity index is 967. The molecule has 0 fully saturated rings. The lowest BCUT2D eigenvalue weighted by Gasteiger charge is -2.16. The number of benzene rings is 2. The molecule has 0 saturated heterocycles. The molecular weight excluding hydrogens is 358 g/mol. The van der Waals surface area contributed by atoms with Crippen LogP contribution in [0.2, 0.25) is 0 Å². The van der Waals surface area contributed by atoms with Crippen molar-refractivity contribution < 1.29 is 9.59 Å². The van der Waals surface area contributed by atoms with Crippen molar-refractivity contribution in [2.45, 2.75) is 13.8 Å². The van der Waals surface area contributed by atoms with Crippen molar-refractivity contribution in [1.82, 2.24) is 9.88 Å². The molecule has 2 aromatic carbocycles. The summed E-state index contributed by atoms with van der Waals surface area (Å²) in [5.74, 6) is -0.469. The summed E-state index contributed by atoms with van der Waals surface area (Å²) in [5, 5.41) is 5.21. The molecular formula is C21H21N3O2S. The highest BCUT2D eigenvalue weighted by molar-refractivity contribution is 7.14. The molecule has 3 aromatic rings. The van der Waals surface area contributed by atoms with Gasteiger partial charge in [0.1, 0.15) is 0 Å². The highest BCUT2D eigenvalue weighted by Gasteiger charge is 2.16. The lowest BCUT2D eigenvalue weighted by atomic mass is 10.1. The van der Waals surface area contributed by atoms with E-state index in [9.17, 15) is 9.59 Å². The first-order valence-electron chi connectivity index (χ1n) is 8.57. The molecule has 3 rings (SSSR count). The molecule has 0 aliphatic heterocycles. The molecule has 27 heavy (non-hydrogen) atoms. The number of carbonyl (C=O) groups excluding carboxylic acids is 2. The van der Waals surface area contributed by atoms with Gasteiger partial charge < -0.3 is 10.2 Å². The first kappa shape index (κ1) is 18.8. The fourth-order valence-electron chi connectivity index (χ4n) is 2.61. The lowest BCUT2D eigenvalue weighted by molar-refractivity contribution is -0.116. The summed E-state index contributed by atoms with van der Waals surface area (Å²) < 4.78 is 0. The van der Waals surface area contributed by atoms with E-state index in [1.807, 2.05) is 17.5 Å². The van der Waals surface area contributed by atoms with Crippen molar-refractivity contribution in [2.75, 3.05) is 18.9 Å². The van der Waals surface area contributed by atoms with Gasteiger partial charge in [0.25, 0.3) is 5.91 Å². The summed E-state index contributed by atoms with van der Waals surface area (Å²) in [7, 11) is 1.61. The third-order valence-corrected chi connectivity index (χ3v) is 5.06. The van der Waals surface area contributed by atoms with Crippen LogP contribution in [-0.4, -0.2) is 35.3 Å². The quantitative estimate of drug-likeness (QED) is 0.725. The molecule has 0 bridgehead atoms. The van der Waals surface area contributed by atoms with Crippen LogP contribution in [0.3, 0.4) is 0 Å². The average molecular weight is 379 g/mol. The first-order valence-corrected chi connectivity index (χ1v) is 9.45. The van der Waals surface area contributed by atoms with Crippen LogP contribution in [0.15, 0.2) is 53.9 Å². The van der Waals surface area contributed by atoms with Crippen molar-refractivity contribution in [3.63, 3.8) is 0 Å². The van der Waals surface area contributed by atoms with Gasteiger partial charge >= 0.3 is 0 Å². The highest BCUT2D eigenvalue weighted by Crippen LogP contribution is 2.26. The maximum atomic E-state index is 12.3. The molecule has 0 aliphatic rings. The van der Waals surface area contributed by atoms with Crippen LogP contribution in [0.5, 0.6) is 0 Å². The monoisotopic (exact) mass is 379 g/mol. The number of carbonyl (C=O) groups is 2. The number of hydrogen-bond donors (Lipinski definition) is 1. The molecule has 5 nitrogen and oxygen atoms in total. The molecule has 0 radical (unpaired) electrons. The maximum Gasteiger partial charge on any atom is 0.254 e.